The summed E-state index contributed by atoms with van der Waals surface area (Å²) in [5, 5.41) is 4.50. The Labute approximate surface area is 141 Å². The van der Waals surface area contributed by atoms with Crippen molar-refractivity contribution >= 4 is 17.2 Å². The average Bonchev–Trinajstić information content (AvgIpc) is 3.00. The molecule has 3 aromatic rings. The SMILES string of the molecule is Nc1cc(N2CCCCCCC2)cc2nc(-c3ccccn3)nn12. The van der Waals surface area contributed by atoms with Gasteiger partial charge in [0.05, 0.1) is 0 Å². The molecule has 0 aliphatic carbocycles. The van der Waals surface area contributed by atoms with Crippen LogP contribution in [-0.2, 0) is 0 Å². The van der Waals surface area contributed by atoms with Crippen molar-refractivity contribution in [1.82, 2.24) is 19.6 Å². The van der Waals surface area contributed by atoms with Crippen molar-refractivity contribution in [2.24, 2.45) is 0 Å². The third-order valence-electron chi connectivity index (χ3n) is 4.56. The van der Waals surface area contributed by atoms with Crippen molar-refractivity contribution < 1.29 is 0 Å². The Bertz CT molecular complexity index is 818. The fraction of sp³-hybridized carbons (Fsp3) is 0.389. The Hall–Kier alpha value is -2.63. The van der Waals surface area contributed by atoms with Crippen molar-refractivity contribution in [2.45, 2.75) is 32.1 Å². The molecular formula is C18H22N6. The molecule has 0 aromatic carbocycles. The van der Waals surface area contributed by atoms with Crippen molar-refractivity contribution in [3.05, 3.63) is 36.5 Å². The second-order valence-corrected chi connectivity index (χ2v) is 6.31. The van der Waals surface area contributed by atoms with Crippen LogP contribution in [0.3, 0.4) is 0 Å². The zero-order chi connectivity index (χ0) is 16.4. The highest BCUT2D eigenvalue weighted by molar-refractivity contribution is 5.65. The summed E-state index contributed by atoms with van der Waals surface area (Å²) < 4.78 is 1.69. The monoisotopic (exact) mass is 322 g/mol. The number of hydrogen-bond acceptors (Lipinski definition) is 5. The summed E-state index contributed by atoms with van der Waals surface area (Å²) in [6.07, 6.45) is 8.18. The Morgan fingerprint density at radius 1 is 0.958 bits per heavy atom. The fourth-order valence-corrected chi connectivity index (χ4v) is 3.29. The number of hydrogen-bond donors (Lipinski definition) is 1. The summed E-state index contributed by atoms with van der Waals surface area (Å²) >= 11 is 0. The molecular weight excluding hydrogens is 300 g/mol. The molecule has 24 heavy (non-hydrogen) atoms. The topological polar surface area (TPSA) is 72.3 Å². The third kappa shape index (κ3) is 2.91. The molecule has 124 valence electrons. The van der Waals surface area contributed by atoms with Crippen LogP contribution in [0.25, 0.3) is 17.2 Å². The molecule has 2 N–H and O–H groups in total. The number of pyridine rings is 2. The molecule has 1 aliphatic heterocycles. The molecule has 1 aliphatic rings. The maximum atomic E-state index is 6.24. The summed E-state index contributed by atoms with van der Waals surface area (Å²) in [6, 6.07) is 9.81. The lowest BCUT2D eigenvalue weighted by Gasteiger charge is -2.27. The van der Waals surface area contributed by atoms with Crippen LogP contribution in [0.4, 0.5) is 11.5 Å². The second kappa shape index (κ2) is 6.47. The standard InChI is InChI=1S/C18H22N6/c19-16-12-14(23-10-6-2-1-3-7-11-23)13-17-21-18(22-24(16)17)15-8-4-5-9-20-15/h4-5,8-9,12-13H,1-3,6-7,10-11,19H2. The first-order valence-electron chi connectivity index (χ1n) is 8.64. The lowest BCUT2D eigenvalue weighted by atomic mass is 10.1. The van der Waals surface area contributed by atoms with E-state index in [1.165, 1.54) is 32.1 Å². The molecule has 1 fully saturated rings. The number of aromatic nitrogens is 4. The summed E-state index contributed by atoms with van der Waals surface area (Å²) in [4.78, 5) is 11.4. The van der Waals surface area contributed by atoms with E-state index in [2.05, 4.69) is 26.0 Å². The van der Waals surface area contributed by atoms with E-state index in [4.69, 9.17) is 5.73 Å². The lowest BCUT2D eigenvalue weighted by Crippen LogP contribution is -2.27. The van der Waals surface area contributed by atoms with Crippen molar-refractivity contribution in [3.63, 3.8) is 0 Å². The minimum Gasteiger partial charge on any atom is -0.384 e. The molecule has 6 nitrogen and oxygen atoms in total. The number of anilines is 2. The van der Waals surface area contributed by atoms with Crippen LogP contribution in [-0.4, -0.2) is 32.7 Å². The van der Waals surface area contributed by atoms with Gasteiger partial charge in [-0.05, 0) is 25.0 Å². The summed E-state index contributed by atoms with van der Waals surface area (Å²) in [5.74, 6) is 1.21. The van der Waals surface area contributed by atoms with Gasteiger partial charge in [-0.25, -0.2) is 4.98 Å². The van der Waals surface area contributed by atoms with Crippen molar-refractivity contribution in [3.8, 4) is 11.5 Å². The highest BCUT2D eigenvalue weighted by Gasteiger charge is 2.14. The molecule has 1 saturated heterocycles. The molecule has 0 unspecified atom stereocenters. The molecule has 0 atom stereocenters. The molecule has 0 bridgehead atoms. The van der Waals surface area contributed by atoms with Gasteiger partial charge in [0.15, 0.2) is 5.65 Å². The molecule has 4 rings (SSSR count). The van der Waals surface area contributed by atoms with Gasteiger partial charge in [0.2, 0.25) is 5.82 Å². The Balaban J connectivity index is 1.71. The molecule has 4 heterocycles. The van der Waals surface area contributed by atoms with Crippen molar-refractivity contribution in [1.29, 1.82) is 0 Å². The zero-order valence-electron chi connectivity index (χ0n) is 13.7. The summed E-state index contributed by atoms with van der Waals surface area (Å²) in [6.45, 7) is 2.16. The van der Waals surface area contributed by atoms with E-state index in [0.717, 1.165) is 30.1 Å². The van der Waals surface area contributed by atoms with Gasteiger partial charge >= 0.3 is 0 Å². The van der Waals surface area contributed by atoms with Gasteiger partial charge in [-0.3, -0.25) is 4.98 Å². The zero-order valence-corrected chi connectivity index (χ0v) is 13.7. The number of nitrogens with zero attached hydrogens (tertiary/aromatic N) is 5. The van der Waals surface area contributed by atoms with E-state index < -0.39 is 0 Å². The highest BCUT2D eigenvalue weighted by Crippen LogP contribution is 2.24. The van der Waals surface area contributed by atoms with Crippen LogP contribution < -0.4 is 10.6 Å². The summed E-state index contributed by atoms with van der Waals surface area (Å²) in [7, 11) is 0. The third-order valence-corrected chi connectivity index (χ3v) is 4.56. The van der Waals surface area contributed by atoms with Crippen LogP contribution in [0.5, 0.6) is 0 Å². The molecule has 0 saturated carbocycles. The van der Waals surface area contributed by atoms with Gasteiger partial charge in [-0.15, -0.1) is 5.10 Å². The quantitative estimate of drug-likeness (QED) is 0.784. The molecule has 0 amide bonds. The van der Waals surface area contributed by atoms with Crippen molar-refractivity contribution in [2.75, 3.05) is 23.7 Å². The van der Waals surface area contributed by atoms with Crippen LogP contribution in [0.2, 0.25) is 0 Å². The van der Waals surface area contributed by atoms with E-state index in [1.807, 2.05) is 24.3 Å². The first kappa shape index (κ1) is 14.9. The van der Waals surface area contributed by atoms with Gasteiger partial charge in [-0.1, -0.05) is 25.3 Å². The van der Waals surface area contributed by atoms with E-state index in [1.54, 1.807) is 10.7 Å². The normalized spacial score (nSPS) is 16.1. The van der Waals surface area contributed by atoms with Crippen LogP contribution in [0.15, 0.2) is 36.5 Å². The van der Waals surface area contributed by atoms with Gasteiger partial charge in [0, 0.05) is 37.1 Å². The van der Waals surface area contributed by atoms with Crippen LogP contribution >= 0.6 is 0 Å². The van der Waals surface area contributed by atoms with Crippen LogP contribution in [0, 0.1) is 0 Å². The maximum absolute atomic E-state index is 6.24. The largest absolute Gasteiger partial charge is 0.384 e. The first-order valence-corrected chi connectivity index (χ1v) is 8.64. The predicted octanol–water partition coefficient (Wildman–Crippen LogP) is 3.14. The Kier molecular flexibility index (Phi) is 4.02. The maximum Gasteiger partial charge on any atom is 0.200 e. The van der Waals surface area contributed by atoms with E-state index in [0.29, 0.717) is 11.6 Å². The smallest absolute Gasteiger partial charge is 0.200 e. The van der Waals surface area contributed by atoms with E-state index in [9.17, 15) is 0 Å². The number of nitrogens with two attached hydrogens (primary N) is 1. The predicted molar refractivity (Wildman–Crippen MR) is 95.9 cm³/mol. The average molecular weight is 322 g/mol. The second-order valence-electron chi connectivity index (χ2n) is 6.31. The minimum atomic E-state index is 0.604. The lowest BCUT2D eigenvalue weighted by molar-refractivity contribution is 0.556. The van der Waals surface area contributed by atoms with Gasteiger partial charge < -0.3 is 10.6 Å². The minimum absolute atomic E-state index is 0.604. The van der Waals surface area contributed by atoms with E-state index >= 15 is 0 Å². The van der Waals surface area contributed by atoms with E-state index in [-0.39, 0.29) is 0 Å². The fourth-order valence-electron chi connectivity index (χ4n) is 3.29. The van der Waals surface area contributed by atoms with Gasteiger partial charge in [0.1, 0.15) is 11.5 Å². The molecule has 0 spiro atoms. The Morgan fingerprint density at radius 3 is 2.50 bits per heavy atom. The number of rotatable bonds is 2. The van der Waals surface area contributed by atoms with Crippen LogP contribution in [0.1, 0.15) is 32.1 Å². The first-order chi connectivity index (χ1) is 11.8. The highest BCUT2D eigenvalue weighted by atomic mass is 15.3. The van der Waals surface area contributed by atoms with Gasteiger partial charge in [-0.2, -0.15) is 4.52 Å². The Morgan fingerprint density at radius 2 is 1.75 bits per heavy atom. The molecule has 6 heteroatoms. The summed E-state index contributed by atoms with van der Waals surface area (Å²) in [5.41, 5.74) is 8.91. The molecule has 0 radical (unpaired) electrons. The molecule has 3 aromatic heterocycles. The number of nitrogen functional groups attached to an aromatic ring is 1. The van der Waals surface area contributed by atoms with Gasteiger partial charge in [0.25, 0.3) is 0 Å². The number of fused-ring (bicyclic) bond motifs is 1.